The van der Waals surface area contributed by atoms with Crippen LogP contribution in [0, 0.1) is 0 Å². The highest BCUT2D eigenvalue weighted by atomic mass is 79.9. The van der Waals surface area contributed by atoms with E-state index in [0.717, 1.165) is 15.4 Å². The molecular formula is C12H10BrF3N2O. The van der Waals surface area contributed by atoms with Gasteiger partial charge in [-0.1, -0.05) is 22.0 Å². The van der Waals surface area contributed by atoms with Crippen LogP contribution in [-0.4, -0.2) is 23.2 Å². The first-order valence-electron chi connectivity index (χ1n) is 5.43. The predicted molar refractivity (Wildman–Crippen MR) is 68.7 cm³/mol. The molecule has 0 unspecified atom stereocenters. The van der Waals surface area contributed by atoms with Crippen molar-refractivity contribution in [2.75, 3.05) is 6.54 Å². The largest absolute Gasteiger partial charge is 0.405 e. The molecule has 1 aromatic carbocycles. The third kappa shape index (κ3) is 3.73. The average Bonchev–Trinajstić information content (AvgIpc) is 2.68. The van der Waals surface area contributed by atoms with Crippen LogP contribution in [0.2, 0.25) is 0 Å². The monoisotopic (exact) mass is 334 g/mol. The molecule has 1 heterocycles. The molecule has 1 aromatic heterocycles. The number of benzene rings is 1. The molecule has 0 fully saturated rings. The van der Waals surface area contributed by atoms with Crippen LogP contribution < -0.4 is 5.32 Å². The average molecular weight is 335 g/mol. The zero-order valence-electron chi connectivity index (χ0n) is 9.67. The number of fused-ring (bicyclic) bond motifs is 1. The molecule has 0 spiro atoms. The van der Waals surface area contributed by atoms with Gasteiger partial charge in [0.2, 0.25) is 5.91 Å². The van der Waals surface area contributed by atoms with Crippen molar-refractivity contribution in [1.29, 1.82) is 0 Å². The van der Waals surface area contributed by atoms with Gasteiger partial charge in [-0.05, 0) is 23.6 Å². The maximum Gasteiger partial charge on any atom is 0.405 e. The number of alkyl halides is 3. The lowest BCUT2D eigenvalue weighted by atomic mass is 10.2. The molecule has 0 bridgehead atoms. The molecule has 0 aliphatic heterocycles. The Morgan fingerprint density at radius 2 is 2.05 bits per heavy atom. The number of rotatable bonds is 3. The second kappa shape index (κ2) is 5.24. The molecule has 0 atom stereocenters. The fraction of sp³-hybridized carbons (Fsp3) is 0.250. The third-order valence-electron chi connectivity index (χ3n) is 2.54. The van der Waals surface area contributed by atoms with Gasteiger partial charge in [0, 0.05) is 16.2 Å². The summed E-state index contributed by atoms with van der Waals surface area (Å²) in [7, 11) is 0. The van der Waals surface area contributed by atoms with Gasteiger partial charge < -0.3 is 9.88 Å². The maximum atomic E-state index is 12.0. The van der Waals surface area contributed by atoms with Crippen LogP contribution in [0.15, 0.2) is 34.9 Å². The van der Waals surface area contributed by atoms with Gasteiger partial charge >= 0.3 is 6.18 Å². The summed E-state index contributed by atoms with van der Waals surface area (Å²) in [5.41, 5.74) is 0.788. The Balaban J connectivity index is 2.09. The van der Waals surface area contributed by atoms with Crippen LogP contribution in [0.4, 0.5) is 13.2 Å². The van der Waals surface area contributed by atoms with E-state index in [2.05, 4.69) is 15.9 Å². The number of carbonyl (C=O) groups is 1. The molecule has 0 radical (unpaired) electrons. The van der Waals surface area contributed by atoms with Crippen LogP contribution in [0.3, 0.4) is 0 Å². The van der Waals surface area contributed by atoms with E-state index in [1.165, 1.54) is 0 Å². The van der Waals surface area contributed by atoms with Crippen LogP contribution in [0.1, 0.15) is 0 Å². The first-order valence-corrected chi connectivity index (χ1v) is 6.22. The summed E-state index contributed by atoms with van der Waals surface area (Å²) < 4.78 is 38.4. The van der Waals surface area contributed by atoms with E-state index < -0.39 is 18.6 Å². The van der Waals surface area contributed by atoms with Crippen molar-refractivity contribution in [3.63, 3.8) is 0 Å². The maximum absolute atomic E-state index is 12.0. The fourth-order valence-electron chi connectivity index (χ4n) is 1.70. The Bertz CT molecular complexity index is 607. The van der Waals surface area contributed by atoms with Crippen molar-refractivity contribution >= 4 is 32.7 Å². The topological polar surface area (TPSA) is 34.0 Å². The second-order valence-electron chi connectivity index (χ2n) is 4.04. The van der Waals surface area contributed by atoms with E-state index in [9.17, 15) is 18.0 Å². The van der Waals surface area contributed by atoms with Crippen LogP contribution in [-0.2, 0) is 11.3 Å². The highest BCUT2D eigenvalue weighted by Crippen LogP contribution is 2.20. The molecule has 0 saturated carbocycles. The minimum Gasteiger partial charge on any atom is -0.345 e. The van der Waals surface area contributed by atoms with Crippen molar-refractivity contribution in [3.8, 4) is 0 Å². The van der Waals surface area contributed by atoms with E-state index >= 15 is 0 Å². The highest BCUT2D eigenvalue weighted by Gasteiger charge is 2.27. The van der Waals surface area contributed by atoms with E-state index in [4.69, 9.17) is 0 Å². The molecule has 1 amide bonds. The third-order valence-corrected chi connectivity index (χ3v) is 3.03. The van der Waals surface area contributed by atoms with Gasteiger partial charge in [0.1, 0.15) is 13.1 Å². The smallest absolute Gasteiger partial charge is 0.345 e. The molecule has 19 heavy (non-hydrogen) atoms. The van der Waals surface area contributed by atoms with Crippen molar-refractivity contribution in [3.05, 3.63) is 34.9 Å². The summed E-state index contributed by atoms with van der Waals surface area (Å²) in [6.07, 6.45) is -2.72. The van der Waals surface area contributed by atoms with Gasteiger partial charge in [-0.25, -0.2) is 0 Å². The highest BCUT2D eigenvalue weighted by molar-refractivity contribution is 9.10. The molecule has 3 nitrogen and oxygen atoms in total. The lowest BCUT2D eigenvalue weighted by Gasteiger charge is -2.09. The van der Waals surface area contributed by atoms with Crippen molar-refractivity contribution in [2.24, 2.45) is 0 Å². The van der Waals surface area contributed by atoms with Gasteiger partial charge in [0.25, 0.3) is 0 Å². The molecule has 2 aromatic rings. The van der Waals surface area contributed by atoms with E-state index in [1.54, 1.807) is 16.8 Å². The number of aromatic nitrogens is 1. The molecule has 7 heteroatoms. The van der Waals surface area contributed by atoms with Crippen LogP contribution >= 0.6 is 15.9 Å². The summed E-state index contributed by atoms with van der Waals surface area (Å²) >= 11 is 3.31. The van der Waals surface area contributed by atoms with Gasteiger partial charge in [-0.2, -0.15) is 13.2 Å². The molecule has 0 saturated heterocycles. The molecule has 102 valence electrons. The Labute approximate surface area is 115 Å². The quantitative estimate of drug-likeness (QED) is 0.919. The predicted octanol–water partition coefficient (Wildman–Crippen LogP) is 3.08. The molecular weight excluding hydrogens is 325 g/mol. The van der Waals surface area contributed by atoms with Gasteiger partial charge in [0.05, 0.1) is 0 Å². The standard InChI is InChI=1S/C12H10BrF3N2O/c13-9-2-1-8-3-4-18(10(8)5-9)6-11(19)17-7-12(14,15)16/h1-5H,6-7H2,(H,17,19). The summed E-state index contributed by atoms with van der Waals surface area (Å²) in [4.78, 5) is 11.4. The number of nitrogens with one attached hydrogen (secondary N) is 1. The van der Waals surface area contributed by atoms with E-state index in [0.29, 0.717) is 0 Å². The zero-order valence-corrected chi connectivity index (χ0v) is 11.3. The minimum absolute atomic E-state index is 0.143. The zero-order chi connectivity index (χ0) is 14.0. The van der Waals surface area contributed by atoms with Crippen molar-refractivity contribution in [1.82, 2.24) is 9.88 Å². The number of nitrogens with zero attached hydrogens (tertiary/aromatic N) is 1. The number of hydrogen-bond acceptors (Lipinski definition) is 1. The first-order chi connectivity index (χ1) is 8.85. The lowest BCUT2D eigenvalue weighted by molar-refractivity contribution is -0.138. The van der Waals surface area contributed by atoms with E-state index in [1.807, 2.05) is 23.5 Å². The summed E-state index contributed by atoms with van der Waals surface area (Å²) in [5, 5.41) is 2.77. The Morgan fingerprint density at radius 3 is 2.74 bits per heavy atom. The van der Waals surface area contributed by atoms with Crippen LogP contribution in [0.25, 0.3) is 10.9 Å². The van der Waals surface area contributed by atoms with Gasteiger partial charge in [0.15, 0.2) is 0 Å². The minimum atomic E-state index is -4.39. The Hall–Kier alpha value is -1.50. The lowest BCUT2D eigenvalue weighted by Crippen LogP contribution is -2.35. The van der Waals surface area contributed by atoms with Crippen molar-refractivity contribution in [2.45, 2.75) is 12.7 Å². The number of halogens is 4. The van der Waals surface area contributed by atoms with Gasteiger partial charge in [-0.3, -0.25) is 4.79 Å². The van der Waals surface area contributed by atoms with Gasteiger partial charge in [-0.15, -0.1) is 0 Å². The summed E-state index contributed by atoms with van der Waals surface area (Å²) in [6, 6.07) is 7.34. The molecule has 0 aliphatic rings. The Morgan fingerprint density at radius 1 is 1.32 bits per heavy atom. The first kappa shape index (κ1) is 13.9. The number of hydrogen-bond donors (Lipinski definition) is 1. The SMILES string of the molecule is O=C(Cn1ccc2ccc(Br)cc21)NCC(F)(F)F. The normalized spacial score (nSPS) is 11.8. The molecule has 2 rings (SSSR count). The second-order valence-corrected chi connectivity index (χ2v) is 4.95. The van der Waals surface area contributed by atoms with E-state index in [-0.39, 0.29) is 6.54 Å². The fourth-order valence-corrected chi connectivity index (χ4v) is 2.05. The number of carbonyl (C=O) groups excluding carboxylic acids is 1. The number of amides is 1. The Kier molecular flexibility index (Phi) is 3.84. The summed E-state index contributed by atoms with van der Waals surface area (Å²) in [6.45, 7) is -1.45. The summed E-state index contributed by atoms with van der Waals surface area (Å²) in [5.74, 6) is -0.671. The van der Waals surface area contributed by atoms with Crippen LogP contribution in [0.5, 0.6) is 0 Å². The molecule has 1 N–H and O–H groups in total. The van der Waals surface area contributed by atoms with Crippen molar-refractivity contribution < 1.29 is 18.0 Å². The molecule has 0 aliphatic carbocycles.